The number of amides is 1. The number of hydrogen-bond acceptors (Lipinski definition) is 4. The van der Waals surface area contributed by atoms with Gasteiger partial charge in [-0.05, 0) is 31.0 Å². The van der Waals surface area contributed by atoms with E-state index in [-0.39, 0.29) is 12.5 Å². The smallest absolute Gasteiger partial charge is 0.253 e. The minimum Gasteiger partial charge on any atom is -0.397 e. The highest BCUT2D eigenvalue weighted by molar-refractivity contribution is 5.96. The molecule has 1 aliphatic carbocycles. The lowest BCUT2D eigenvalue weighted by Gasteiger charge is -2.26. The van der Waals surface area contributed by atoms with Gasteiger partial charge in [0.1, 0.15) is 0 Å². The van der Waals surface area contributed by atoms with Crippen LogP contribution >= 0.6 is 0 Å². The van der Waals surface area contributed by atoms with Crippen molar-refractivity contribution in [2.24, 2.45) is 0 Å². The molecule has 5 nitrogen and oxygen atoms in total. The van der Waals surface area contributed by atoms with Gasteiger partial charge in [-0.3, -0.25) is 4.79 Å². The molecule has 0 bridgehead atoms. The molecule has 2 rings (SSSR count). The van der Waals surface area contributed by atoms with Gasteiger partial charge in [-0.1, -0.05) is 0 Å². The molecule has 3 N–H and O–H groups in total. The van der Waals surface area contributed by atoms with Crippen LogP contribution in [0.4, 0.5) is 11.4 Å². The Morgan fingerprint density at radius 3 is 2.63 bits per heavy atom. The molecule has 1 aromatic carbocycles. The zero-order chi connectivity index (χ0) is 14.0. The number of nitrogen functional groups attached to an aromatic ring is 1. The number of aliphatic hydroxyl groups excluding tert-OH is 1. The first-order chi connectivity index (χ1) is 9.04. The number of rotatable bonds is 5. The van der Waals surface area contributed by atoms with E-state index in [2.05, 4.69) is 4.90 Å². The predicted octanol–water partition coefficient (Wildman–Crippen LogP) is 0.932. The van der Waals surface area contributed by atoms with Crippen LogP contribution in [-0.4, -0.2) is 49.2 Å². The Morgan fingerprint density at radius 2 is 2.11 bits per heavy atom. The van der Waals surface area contributed by atoms with Crippen LogP contribution in [0.3, 0.4) is 0 Å². The monoisotopic (exact) mass is 263 g/mol. The van der Waals surface area contributed by atoms with Crippen molar-refractivity contribution in [2.45, 2.75) is 18.9 Å². The summed E-state index contributed by atoms with van der Waals surface area (Å²) < 4.78 is 0. The fourth-order valence-electron chi connectivity index (χ4n) is 2.18. The SMILES string of the molecule is CN(C)C(=O)c1ccc(N)c(N(CCO)C2CC2)c1. The molecule has 104 valence electrons. The van der Waals surface area contributed by atoms with Crippen molar-refractivity contribution in [1.82, 2.24) is 4.90 Å². The summed E-state index contributed by atoms with van der Waals surface area (Å²) in [5.74, 6) is -0.0407. The second kappa shape index (κ2) is 5.48. The molecule has 1 saturated carbocycles. The zero-order valence-electron chi connectivity index (χ0n) is 11.5. The van der Waals surface area contributed by atoms with Crippen LogP contribution in [0.5, 0.6) is 0 Å². The summed E-state index contributed by atoms with van der Waals surface area (Å²) in [4.78, 5) is 15.6. The van der Waals surface area contributed by atoms with Crippen molar-refractivity contribution in [3.8, 4) is 0 Å². The molecular weight excluding hydrogens is 242 g/mol. The number of carbonyl (C=O) groups is 1. The second-order valence-corrected chi connectivity index (χ2v) is 5.12. The highest BCUT2D eigenvalue weighted by Gasteiger charge is 2.30. The molecule has 5 heteroatoms. The Bertz CT molecular complexity index is 470. The number of aliphatic hydroxyl groups is 1. The van der Waals surface area contributed by atoms with Gasteiger partial charge in [0.2, 0.25) is 0 Å². The van der Waals surface area contributed by atoms with Gasteiger partial charge < -0.3 is 20.6 Å². The lowest BCUT2D eigenvalue weighted by molar-refractivity contribution is 0.0827. The van der Waals surface area contributed by atoms with Crippen LogP contribution in [0, 0.1) is 0 Å². The summed E-state index contributed by atoms with van der Waals surface area (Å²) in [6, 6.07) is 5.77. The number of carbonyl (C=O) groups excluding carboxylic acids is 1. The predicted molar refractivity (Wildman–Crippen MR) is 76.3 cm³/mol. The van der Waals surface area contributed by atoms with E-state index in [9.17, 15) is 9.90 Å². The Kier molecular flexibility index (Phi) is 3.95. The third-order valence-corrected chi connectivity index (χ3v) is 3.32. The van der Waals surface area contributed by atoms with Gasteiger partial charge in [0.05, 0.1) is 18.0 Å². The quantitative estimate of drug-likeness (QED) is 0.775. The first kappa shape index (κ1) is 13.7. The van der Waals surface area contributed by atoms with Crippen LogP contribution in [0.25, 0.3) is 0 Å². The fourth-order valence-corrected chi connectivity index (χ4v) is 2.18. The number of hydrogen-bond donors (Lipinski definition) is 2. The average Bonchev–Trinajstić information content (AvgIpc) is 3.20. The Labute approximate surface area is 113 Å². The summed E-state index contributed by atoms with van der Waals surface area (Å²) in [6.07, 6.45) is 2.23. The van der Waals surface area contributed by atoms with Gasteiger partial charge in [0.25, 0.3) is 5.91 Å². The average molecular weight is 263 g/mol. The first-order valence-electron chi connectivity index (χ1n) is 6.53. The van der Waals surface area contributed by atoms with Crippen molar-refractivity contribution < 1.29 is 9.90 Å². The third-order valence-electron chi connectivity index (χ3n) is 3.32. The lowest BCUT2D eigenvalue weighted by atomic mass is 10.1. The standard InChI is InChI=1S/C14H21N3O2/c1-16(2)14(19)10-3-6-12(15)13(9-10)17(7-8-18)11-4-5-11/h3,6,9,11,18H,4-5,7-8,15H2,1-2H3. The molecule has 0 aromatic heterocycles. The summed E-state index contributed by atoms with van der Waals surface area (Å²) in [5, 5.41) is 9.17. The van der Waals surface area contributed by atoms with E-state index in [0.717, 1.165) is 18.5 Å². The van der Waals surface area contributed by atoms with Crippen LogP contribution < -0.4 is 10.6 Å². The van der Waals surface area contributed by atoms with E-state index in [0.29, 0.717) is 23.8 Å². The molecule has 0 unspecified atom stereocenters. The maximum atomic E-state index is 12.0. The number of benzene rings is 1. The Morgan fingerprint density at radius 1 is 1.42 bits per heavy atom. The highest BCUT2D eigenvalue weighted by atomic mass is 16.3. The maximum absolute atomic E-state index is 12.0. The van der Waals surface area contributed by atoms with Gasteiger partial charge >= 0.3 is 0 Å². The van der Waals surface area contributed by atoms with E-state index in [1.165, 1.54) is 0 Å². The van der Waals surface area contributed by atoms with Crippen LogP contribution in [0.1, 0.15) is 23.2 Å². The summed E-state index contributed by atoms with van der Waals surface area (Å²) in [7, 11) is 3.45. The molecule has 1 aliphatic rings. The molecule has 1 amide bonds. The molecular formula is C14H21N3O2. The molecule has 0 atom stereocenters. The molecule has 0 heterocycles. The molecule has 0 saturated heterocycles. The highest BCUT2D eigenvalue weighted by Crippen LogP contribution is 2.35. The normalized spacial score (nSPS) is 14.3. The second-order valence-electron chi connectivity index (χ2n) is 5.12. The van der Waals surface area contributed by atoms with Crippen molar-refractivity contribution in [3.05, 3.63) is 23.8 Å². The van der Waals surface area contributed by atoms with Crippen molar-refractivity contribution in [2.75, 3.05) is 37.9 Å². The Balaban J connectivity index is 2.32. The fraction of sp³-hybridized carbons (Fsp3) is 0.500. The van der Waals surface area contributed by atoms with E-state index in [1.807, 2.05) is 6.07 Å². The van der Waals surface area contributed by atoms with Gasteiger partial charge in [-0.15, -0.1) is 0 Å². The van der Waals surface area contributed by atoms with Gasteiger partial charge in [-0.2, -0.15) is 0 Å². The van der Waals surface area contributed by atoms with Crippen molar-refractivity contribution >= 4 is 17.3 Å². The lowest BCUT2D eigenvalue weighted by Crippen LogP contribution is -2.30. The van der Waals surface area contributed by atoms with Crippen molar-refractivity contribution in [3.63, 3.8) is 0 Å². The van der Waals surface area contributed by atoms with E-state index in [1.54, 1.807) is 31.1 Å². The summed E-state index contributed by atoms with van der Waals surface area (Å²) in [6.45, 7) is 0.635. The van der Waals surface area contributed by atoms with Gasteiger partial charge in [0, 0.05) is 32.2 Å². The molecule has 0 spiro atoms. The largest absolute Gasteiger partial charge is 0.397 e. The zero-order valence-corrected chi connectivity index (χ0v) is 11.5. The molecule has 1 fully saturated rings. The minimum absolute atomic E-state index is 0.0407. The van der Waals surface area contributed by atoms with Crippen LogP contribution in [0.15, 0.2) is 18.2 Å². The number of nitrogens with two attached hydrogens (primary N) is 1. The van der Waals surface area contributed by atoms with Crippen LogP contribution in [-0.2, 0) is 0 Å². The summed E-state index contributed by atoms with van der Waals surface area (Å²) in [5.41, 5.74) is 8.14. The molecule has 19 heavy (non-hydrogen) atoms. The van der Waals surface area contributed by atoms with Crippen molar-refractivity contribution in [1.29, 1.82) is 0 Å². The Hall–Kier alpha value is -1.75. The van der Waals surface area contributed by atoms with Gasteiger partial charge in [-0.25, -0.2) is 0 Å². The number of anilines is 2. The molecule has 0 radical (unpaired) electrons. The minimum atomic E-state index is -0.0407. The molecule has 1 aromatic rings. The number of nitrogens with zero attached hydrogens (tertiary/aromatic N) is 2. The summed E-state index contributed by atoms with van der Waals surface area (Å²) >= 11 is 0. The van der Waals surface area contributed by atoms with Crippen LogP contribution in [0.2, 0.25) is 0 Å². The van der Waals surface area contributed by atoms with Gasteiger partial charge in [0.15, 0.2) is 0 Å². The maximum Gasteiger partial charge on any atom is 0.253 e. The first-order valence-corrected chi connectivity index (χ1v) is 6.53. The third kappa shape index (κ3) is 2.98. The topological polar surface area (TPSA) is 69.8 Å². The molecule has 0 aliphatic heterocycles. The van der Waals surface area contributed by atoms with E-state index in [4.69, 9.17) is 5.73 Å². The van der Waals surface area contributed by atoms with E-state index >= 15 is 0 Å². The van der Waals surface area contributed by atoms with E-state index < -0.39 is 0 Å².